The fourth-order valence-corrected chi connectivity index (χ4v) is 3.42. The number of thioether (sulfide) groups is 1. The lowest BCUT2D eigenvalue weighted by atomic mass is 9.96. The van der Waals surface area contributed by atoms with Crippen molar-refractivity contribution in [1.29, 1.82) is 0 Å². The van der Waals surface area contributed by atoms with E-state index >= 15 is 0 Å². The van der Waals surface area contributed by atoms with Crippen molar-refractivity contribution in [2.24, 2.45) is 4.99 Å². The summed E-state index contributed by atoms with van der Waals surface area (Å²) in [5.74, 6) is 1.40. The highest BCUT2D eigenvalue weighted by molar-refractivity contribution is 8.13. The smallest absolute Gasteiger partial charge is 0.156 e. The number of amidine groups is 1. The maximum Gasteiger partial charge on any atom is 0.156 e. The van der Waals surface area contributed by atoms with Gasteiger partial charge in [0.05, 0.1) is 12.3 Å². The Labute approximate surface area is 109 Å². The molecule has 0 saturated carbocycles. The van der Waals surface area contributed by atoms with Crippen molar-refractivity contribution >= 4 is 26.8 Å². The van der Waals surface area contributed by atoms with Gasteiger partial charge in [-0.1, -0.05) is 25.6 Å². The van der Waals surface area contributed by atoms with Gasteiger partial charge in [-0.05, 0) is 19.8 Å². The zero-order valence-corrected chi connectivity index (χ0v) is 12.5. The average Bonchev–Trinajstić information content (AvgIpc) is 2.29. The van der Waals surface area contributed by atoms with E-state index in [9.17, 15) is 8.42 Å². The Bertz CT molecular complexity index is 379. The average molecular weight is 278 g/mol. The summed E-state index contributed by atoms with van der Waals surface area (Å²) in [5.41, 5.74) is 0.119. The molecule has 1 rings (SSSR count). The van der Waals surface area contributed by atoms with Gasteiger partial charge in [-0.3, -0.25) is 4.99 Å². The topological polar surface area (TPSA) is 58.5 Å². The monoisotopic (exact) mass is 278 g/mol. The second-order valence-electron chi connectivity index (χ2n) is 4.56. The lowest BCUT2D eigenvalue weighted by Gasteiger charge is -2.35. The number of rotatable bonds is 5. The SMILES string of the molecule is CCC1(C)CCSC(=NCCS(=O)(=O)CC)N1. The Balaban J connectivity index is 2.50. The van der Waals surface area contributed by atoms with Crippen LogP contribution in [0.15, 0.2) is 4.99 Å². The van der Waals surface area contributed by atoms with Crippen LogP contribution < -0.4 is 5.32 Å². The molecule has 1 heterocycles. The normalized spacial score (nSPS) is 28.1. The summed E-state index contributed by atoms with van der Waals surface area (Å²) in [5, 5.41) is 4.30. The third-order valence-corrected chi connectivity index (χ3v) is 5.78. The number of aliphatic imine (C=N–C) groups is 1. The highest BCUT2D eigenvalue weighted by Crippen LogP contribution is 2.24. The minimum Gasteiger partial charge on any atom is -0.360 e. The molecule has 1 saturated heterocycles. The Morgan fingerprint density at radius 1 is 1.47 bits per heavy atom. The van der Waals surface area contributed by atoms with Gasteiger partial charge in [-0.2, -0.15) is 0 Å². The molecule has 1 N–H and O–H groups in total. The number of nitrogens with zero attached hydrogens (tertiary/aromatic N) is 1. The first-order chi connectivity index (χ1) is 7.91. The van der Waals surface area contributed by atoms with Gasteiger partial charge < -0.3 is 5.32 Å². The number of hydrogen-bond donors (Lipinski definition) is 1. The van der Waals surface area contributed by atoms with Gasteiger partial charge in [0, 0.05) is 17.0 Å². The molecule has 0 aromatic carbocycles. The Morgan fingerprint density at radius 3 is 2.76 bits per heavy atom. The van der Waals surface area contributed by atoms with Crippen molar-refractivity contribution < 1.29 is 8.42 Å². The number of hydrogen-bond acceptors (Lipinski definition) is 4. The van der Waals surface area contributed by atoms with Gasteiger partial charge in [-0.15, -0.1) is 0 Å². The Hall–Kier alpha value is -0.230. The van der Waals surface area contributed by atoms with Gasteiger partial charge in [-0.25, -0.2) is 8.42 Å². The molecule has 17 heavy (non-hydrogen) atoms. The quantitative estimate of drug-likeness (QED) is 0.831. The molecule has 0 bridgehead atoms. The molecule has 0 aromatic heterocycles. The minimum absolute atomic E-state index is 0.119. The van der Waals surface area contributed by atoms with E-state index in [-0.39, 0.29) is 17.0 Å². The van der Waals surface area contributed by atoms with Crippen LogP contribution in [0.1, 0.15) is 33.6 Å². The van der Waals surface area contributed by atoms with Crippen LogP contribution in [0.5, 0.6) is 0 Å². The second-order valence-corrected chi connectivity index (χ2v) is 8.12. The zero-order valence-electron chi connectivity index (χ0n) is 10.8. The molecule has 0 aliphatic carbocycles. The van der Waals surface area contributed by atoms with Crippen molar-refractivity contribution in [3.8, 4) is 0 Å². The van der Waals surface area contributed by atoms with Crippen molar-refractivity contribution in [3.05, 3.63) is 0 Å². The molecule has 1 atom stereocenters. The summed E-state index contributed by atoms with van der Waals surface area (Å²) in [7, 11) is -2.90. The minimum atomic E-state index is -2.90. The van der Waals surface area contributed by atoms with E-state index in [2.05, 4.69) is 24.2 Å². The number of sulfone groups is 1. The van der Waals surface area contributed by atoms with Gasteiger partial charge in [0.2, 0.25) is 0 Å². The summed E-state index contributed by atoms with van der Waals surface area (Å²) < 4.78 is 22.7. The van der Waals surface area contributed by atoms with Crippen LogP contribution in [0.25, 0.3) is 0 Å². The predicted molar refractivity (Wildman–Crippen MR) is 75.5 cm³/mol. The summed E-state index contributed by atoms with van der Waals surface area (Å²) in [6.07, 6.45) is 2.18. The maximum absolute atomic E-state index is 11.3. The van der Waals surface area contributed by atoms with Crippen LogP contribution in [-0.4, -0.2) is 42.9 Å². The molecule has 0 amide bonds. The van der Waals surface area contributed by atoms with Gasteiger partial charge in [0.25, 0.3) is 0 Å². The van der Waals surface area contributed by atoms with E-state index in [0.717, 1.165) is 23.8 Å². The molecule has 0 spiro atoms. The van der Waals surface area contributed by atoms with Crippen LogP contribution in [-0.2, 0) is 9.84 Å². The zero-order chi connectivity index (χ0) is 12.9. The Morgan fingerprint density at radius 2 is 2.18 bits per heavy atom. The molecule has 1 aliphatic rings. The molecule has 6 heteroatoms. The molecule has 4 nitrogen and oxygen atoms in total. The molecule has 0 radical (unpaired) electrons. The molecule has 1 unspecified atom stereocenters. The number of nitrogens with one attached hydrogen (secondary N) is 1. The van der Waals surface area contributed by atoms with Crippen LogP contribution in [0.2, 0.25) is 0 Å². The van der Waals surface area contributed by atoms with Crippen molar-refractivity contribution in [3.63, 3.8) is 0 Å². The fourth-order valence-electron chi connectivity index (χ4n) is 1.51. The Kier molecular flexibility index (Phi) is 5.31. The lowest BCUT2D eigenvalue weighted by Crippen LogP contribution is -2.48. The summed E-state index contributed by atoms with van der Waals surface area (Å²) in [6, 6.07) is 0. The van der Waals surface area contributed by atoms with E-state index in [1.807, 2.05) is 0 Å². The van der Waals surface area contributed by atoms with E-state index in [1.165, 1.54) is 0 Å². The van der Waals surface area contributed by atoms with Crippen molar-refractivity contribution in [2.75, 3.05) is 23.8 Å². The largest absolute Gasteiger partial charge is 0.360 e. The van der Waals surface area contributed by atoms with E-state index in [0.29, 0.717) is 6.54 Å². The third-order valence-electron chi connectivity index (χ3n) is 3.18. The molecule has 100 valence electrons. The summed E-state index contributed by atoms with van der Waals surface area (Å²) >= 11 is 1.68. The van der Waals surface area contributed by atoms with Crippen LogP contribution in [0.4, 0.5) is 0 Å². The molecule has 1 aliphatic heterocycles. The van der Waals surface area contributed by atoms with E-state index in [1.54, 1.807) is 18.7 Å². The van der Waals surface area contributed by atoms with E-state index in [4.69, 9.17) is 0 Å². The maximum atomic E-state index is 11.3. The van der Waals surface area contributed by atoms with Gasteiger partial charge in [0.15, 0.2) is 15.0 Å². The molecule has 0 aromatic rings. The van der Waals surface area contributed by atoms with Crippen LogP contribution >= 0.6 is 11.8 Å². The second kappa shape index (κ2) is 6.09. The molecular formula is C11H22N2O2S2. The van der Waals surface area contributed by atoms with Gasteiger partial charge >= 0.3 is 0 Å². The molecule has 1 fully saturated rings. The fraction of sp³-hybridized carbons (Fsp3) is 0.909. The first-order valence-electron chi connectivity index (χ1n) is 6.06. The first-order valence-corrected chi connectivity index (χ1v) is 8.87. The van der Waals surface area contributed by atoms with Crippen molar-refractivity contribution in [1.82, 2.24) is 5.32 Å². The van der Waals surface area contributed by atoms with Crippen LogP contribution in [0, 0.1) is 0 Å². The van der Waals surface area contributed by atoms with Crippen molar-refractivity contribution in [2.45, 2.75) is 39.2 Å². The first kappa shape index (κ1) is 14.8. The summed E-state index contributed by atoms with van der Waals surface area (Å²) in [6.45, 7) is 6.38. The predicted octanol–water partition coefficient (Wildman–Crippen LogP) is 1.67. The lowest BCUT2D eigenvalue weighted by molar-refractivity contribution is 0.390. The van der Waals surface area contributed by atoms with E-state index < -0.39 is 9.84 Å². The van der Waals surface area contributed by atoms with Gasteiger partial charge in [0.1, 0.15) is 0 Å². The highest BCUT2D eigenvalue weighted by Gasteiger charge is 2.27. The van der Waals surface area contributed by atoms with Crippen LogP contribution in [0.3, 0.4) is 0 Å². The molecular weight excluding hydrogens is 256 g/mol. The highest BCUT2D eigenvalue weighted by atomic mass is 32.2. The summed E-state index contributed by atoms with van der Waals surface area (Å²) in [4.78, 5) is 4.35. The third kappa shape index (κ3) is 4.87. The standard InChI is InChI=1S/C11H22N2O2S2/c1-4-11(3)6-8-16-10(13-11)12-7-9-17(14,15)5-2/h4-9H2,1-3H3,(H,12,13).